The van der Waals surface area contributed by atoms with Crippen LogP contribution in [0.5, 0.6) is 0 Å². The van der Waals surface area contributed by atoms with Crippen LogP contribution in [0.2, 0.25) is 13.1 Å². The highest BCUT2D eigenvalue weighted by atomic mass is 28.3. The van der Waals surface area contributed by atoms with E-state index in [1.54, 1.807) is 13.0 Å². The predicted octanol–water partition coefficient (Wildman–Crippen LogP) is 1.43. The van der Waals surface area contributed by atoms with Gasteiger partial charge in [-0.1, -0.05) is 18.8 Å². The van der Waals surface area contributed by atoms with Gasteiger partial charge in [0, 0.05) is 0 Å². The summed E-state index contributed by atoms with van der Waals surface area (Å²) in [6.45, 7) is 5.86. The first kappa shape index (κ1) is 7.63. The molecule has 0 aliphatic rings. The molecule has 0 rings (SSSR count). The van der Waals surface area contributed by atoms with Gasteiger partial charge < -0.3 is 0 Å². The summed E-state index contributed by atoms with van der Waals surface area (Å²) < 4.78 is 0. The lowest BCUT2D eigenvalue weighted by atomic mass is 10.5. The third-order valence-electron chi connectivity index (χ3n) is 0.651. The SMILES string of the molecule is CC(=O)C=C[Si](C)C. The smallest absolute Gasteiger partial charge is 0.151 e. The van der Waals surface area contributed by atoms with Gasteiger partial charge in [0.25, 0.3) is 0 Å². The van der Waals surface area contributed by atoms with Gasteiger partial charge in [0.15, 0.2) is 5.78 Å². The van der Waals surface area contributed by atoms with Gasteiger partial charge in [-0.15, -0.1) is 0 Å². The van der Waals surface area contributed by atoms with Gasteiger partial charge in [-0.25, -0.2) is 0 Å². The summed E-state index contributed by atoms with van der Waals surface area (Å²) in [6, 6.07) is 0. The summed E-state index contributed by atoms with van der Waals surface area (Å²) in [6.07, 6.45) is 1.65. The second-order valence-electron chi connectivity index (χ2n) is 2.02. The van der Waals surface area contributed by atoms with Crippen molar-refractivity contribution in [2.75, 3.05) is 0 Å². The van der Waals surface area contributed by atoms with Crippen molar-refractivity contribution in [3.8, 4) is 0 Å². The molecule has 0 fully saturated rings. The van der Waals surface area contributed by atoms with E-state index in [4.69, 9.17) is 0 Å². The minimum Gasteiger partial charge on any atom is -0.295 e. The third-order valence-corrected chi connectivity index (χ3v) is 1.48. The van der Waals surface area contributed by atoms with Crippen molar-refractivity contribution in [3.05, 3.63) is 11.8 Å². The van der Waals surface area contributed by atoms with Crippen molar-refractivity contribution in [3.63, 3.8) is 0 Å². The van der Waals surface area contributed by atoms with E-state index in [-0.39, 0.29) is 14.6 Å². The zero-order valence-electron chi connectivity index (χ0n) is 5.56. The summed E-state index contributed by atoms with van der Waals surface area (Å²) >= 11 is 0. The molecule has 0 aromatic rings. The largest absolute Gasteiger partial charge is 0.295 e. The molecule has 8 heavy (non-hydrogen) atoms. The Balaban J connectivity index is 3.50. The summed E-state index contributed by atoms with van der Waals surface area (Å²) in [4.78, 5) is 10.3. The Labute approximate surface area is 52.0 Å². The summed E-state index contributed by atoms with van der Waals surface area (Å²) in [5.74, 6) is 0.149. The molecule has 0 aromatic heterocycles. The number of hydrogen-bond donors (Lipinski definition) is 0. The van der Waals surface area contributed by atoms with Gasteiger partial charge >= 0.3 is 0 Å². The molecular weight excluding hydrogens is 116 g/mol. The third kappa shape index (κ3) is 5.63. The summed E-state index contributed by atoms with van der Waals surface area (Å²) in [7, 11) is -0.331. The summed E-state index contributed by atoms with van der Waals surface area (Å²) in [5, 5.41) is 0. The standard InChI is InChI=1S/C6H11OSi/c1-6(7)4-5-8(2)3/h4-5H,1-3H3. The molecular formula is C6H11OSi. The van der Waals surface area contributed by atoms with Gasteiger partial charge in [-0.05, 0) is 13.0 Å². The Hall–Kier alpha value is -0.373. The van der Waals surface area contributed by atoms with Gasteiger partial charge in [0.05, 0.1) is 8.80 Å². The molecule has 2 heteroatoms. The van der Waals surface area contributed by atoms with E-state index < -0.39 is 0 Å². The van der Waals surface area contributed by atoms with Gasteiger partial charge in [-0.3, -0.25) is 4.79 Å². The minimum absolute atomic E-state index is 0.149. The van der Waals surface area contributed by atoms with Crippen LogP contribution in [0.1, 0.15) is 6.92 Å². The topological polar surface area (TPSA) is 17.1 Å². The molecule has 0 aliphatic carbocycles. The molecule has 0 saturated carbocycles. The van der Waals surface area contributed by atoms with Crippen LogP contribution in [0.15, 0.2) is 11.8 Å². The van der Waals surface area contributed by atoms with E-state index in [2.05, 4.69) is 13.1 Å². The Morgan fingerprint density at radius 1 is 1.50 bits per heavy atom. The van der Waals surface area contributed by atoms with Crippen LogP contribution in [0.3, 0.4) is 0 Å². The first-order valence-electron chi connectivity index (χ1n) is 2.61. The molecule has 0 amide bonds. The van der Waals surface area contributed by atoms with Gasteiger partial charge in [-0.2, -0.15) is 0 Å². The van der Waals surface area contributed by atoms with Crippen LogP contribution in [0.25, 0.3) is 0 Å². The number of ketones is 1. The molecule has 0 saturated heterocycles. The fourth-order valence-corrected chi connectivity index (χ4v) is 0.852. The highest BCUT2D eigenvalue weighted by Gasteiger charge is 1.86. The van der Waals surface area contributed by atoms with Crippen molar-refractivity contribution in [1.82, 2.24) is 0 Å². The number of carbonyl (C=O) groups is 1. The van der Waals surface area contributed by atoms with Crippen LogP contribution < -0.4 is 0 Å². The van der Waals surface area contributed by atoms with E-state index in [9.17, 15) is 4.79 Å². The quantitative estimate of drug-likeness (QED) is 0.405. The van der Waals surface area contributed by atoms with Crippen LogP contribution in [0, 0.1) is 0 Å². The predicted molar refractivity (Wildman–Crippen MR) is 37.3 cm³/mol. The Morgan fingerprint density at radius 2 is 2.00 bits per heavy atom. The zero-order chi connectivity index (χ0) is 6.57. The maximum Gasteiger partial charge on any atom is 0.151 e. The lowest BCUT2D eigenvalue weighted by molar-refractivity contribution is -0.112. The maximum absolute atomic E-state index is 10.3. The second kappa shape index (κ2) is 3.61. The van der Waals surface area contributed by atoms with Crippen molar-refractivity contribution in [2.45, 2.75) is 20.0 Å². The molecule has 0 atom stereocenters. The van der Waals surface area contributed by atoms with Crippen LogP contribution in [-0.2, 0) is 4.79 Å². The van der Waals surface area contributed by atoms with Crippen molar-refractivity contribution >= 4 is 14.6 Å². The average molecular weight is 127 g/mol. The van der Waals surface area contributed by atoms with Crippen LogP contribution >= 0.6 is 0 Å². The van der Waals surface area contributed by atoms with Crippen LogP contribution in [0.4, 0.5) is 0 Å². The van der Waals surface area contributed by atoms with E-state index in [1.165, 1.54) is 0 Å². The fourth-order valence-electron chi connectivity index (χ4n) is 0.284. The zero-order valence-corrected chi connectivity index (χ0v) is 6.56. The number of rotatable bonds is 2. The van der Waals surface area contributed by atoms with Gasteiger partial charge in [0.1, 0.15) is 0 Å². The Kier molecular flexibility index (Phi) is 3.44. The van der Waals surface area contributed by atoms with E-state index in [0.717, 1.165) is 0 Å². The Morgan fingerprint density at radius 3 is 2.12 bits per heavy atom. The Bertz CT molecular complexity index is 105. The molecule has 1 radical (unpaired) electrons. The van der Waals surface area contributed by atoms with Gasteiger partial charge in [0.2, 0.25) is 0 Å². The number of allylic oxidation sites excluding steroid dienone is 1. The minimum atomic E-state index is -0.331. The highest BCUT2D eigenvalue weighted by Crippen LogP contribution is 1.82. The average Bonchev–Trinajstić information content (AvgIpc) is 1.61. The maximum atomic E-state index is 10.3. The lowest BCUT2D eigenvalue weighted by Crippen LogP contribution is -1.94. The van der Waals surface area contributed by atoms with E-state index in [0.29, 0.717) is 0 Å². The normalized spacial score (nSPS) is 11.0. The molecule has 0 heterocycles. The highest BCUT2D eigenvalue weighted by molar-refractivity contribution is 6.61. The molecule has 0 unspecified atom stereocenters. The molecule has 0 aliphatic heterocycles. The lowest BCUT2D eigenvalue weighted by Gasteiger charge is -1.85. The van der Waals surface area contributed by atoms with E-state index in [1.807, 2.05) is 5.70 Å². The monoisotopic (exact) mass is 127 g/mol. The number of carbonyl (C=O) groups excluding carboxylic acids is 1. The second-order valence-corrected chi connectivity index (χ2v) is 4.51. The van der Waals surface area contributed by atoms with Crippen molar-refractivity contribution in [2.24, 2.45) is 0 Å². The molecule has 0 N–H and O–H groups in total. The fraction of sp³-hybridized carbons (Fsp3) is 0.500. The molecule has 0 aromatic carbocycles. The van der Waals surface area contributed by atoms with Crippen molar-refractivity contribution in [1.29, 1.82) is 0 Å². The molecule has 0 spiro atoms. The molecule has 0 bridgehead atoms. The first-order valence-corrected chi connectivity index (χ1v) is 5.19. The summed E-state index contributed by atoms with van der Waals surface area (Å²) in [5.41, 5.74) is 1.99. The van der Waals surface area contributed by atoms with E-state index >= 15 is 0 Å². The molecule has 45 valence electrons. The van der Waals surface area contributed by atoms with Crippen molar-refractivity contribution < 1.29 is 4.79 Å². The van der Waals surface area contributed by atoms with Crippen LogP contribution in [-0.4, -0.2) is 14.6 Å². The first-order chi connectivity index (χ1) is 3.63. The number of hydrogen-bond acceptors (Lipinski definition) is 1. The molecule has 1 nitrogen and oxygen atoms in total.